The van der Waals surface area contributed by atoms with E-state index < -0.39 is 10.0 Å². The Labute approximate surface area is 124 Å². The van der Waals surface area contributed by atoms with Gasteiger partial charge < -0.3 is 5.73 Å². The first kappa shape index (κ1) is 14.4. The van der Waals surface area contributed by atoms with Crippen LogP contribution in [-0.4, -0.2) is 19.9 Å². The molecule has 2 rings (SSSR count). The van der Waals surface area contributed by atoms with E-state index >= 15 is 0 Å². The lowest BCUT2D eigenvalue weighted by Crippen LogP contribution is -2.26. The van der Waals surface area contributed by atoms with Crippen LogP contribution in [0.4, 0.5) is 5.69 Å². The summed E-state index contributed by atoms with van der Waals surface area (Å²) in [5, 5.41) is 2.76. The normalized spacial score (nSPS) is 11.6. The van der Waals surface area contributed by atoms with Crippen LogP contribution in [0.25, 0.3) is 0 Å². The van der Waals surface area contributed by atoms with E-state index in [2.05, 4.69) is 25.6 Å². The largest absolute Gasteiger partial charge is 0.398 e. The number of thiazole rings is 1. The number of nitrogen functional groups attached to an aromatic ring is 1. The van der Waals surface area contributed by atoms with Gasteiger partial charge >= 0.3 is 0 Å². The highest BCUT2D eigenvalue weighted by molar-refractivity contribution is 9.10. The maximum absolute atomic E-state index is 12.0. The smallest absolute Gasteiger partial charge is 0.240 e. The Hall–Kier alpha value is -0.960. The van der Waals surface area contributed by atoms with Crippen molar-refractivity contribution in [2.75, 3.05) is 12.3 Å². The molecule has 5 nitrogen and oxygen atoms in total. The molecule has 0 fully saturated rings. The molecule has 0 atom stereocenters. The molecule has 2 aromatic rings. The van der Waals surface area contributed by atoms with Crippen LogP contribution in [0.3, 0.4) is 0 Å². The number of rotatable bonds is 5. The van der Waals surface area contributed by atoms with Gasteiger partial charge in [-0.1, -0.05) is 0 Å². The summed E-state index contributed by atoms with van der Waals surface area (Å²) in [6.07, 6.45) is 2.27. The molecule has 0 saturated carbocycles. The van der Waals surface area contributed by atoms with Crippen LogP contribution >= 0.6 is 27.3 Å². The fourth-order valence-electron chi connectivity index (χ4n) is 1.44. The van der Waals surface area contributed by atoms with E-state index in [9.17, 15) is 8.42 Å². The molecule has 1 aromatic heterocycles. The van der Waals surface area contributed by atoms with Crippen molar-refractivity contribution < 1.29 is 8.42 Å². The lowest BCUT2D eigenvalue weighted by molar-refractivity contribution is 0.581. The zero-order chi connectivity index (χ0) is 13.9. The van der Waals surface area contributed by atoms with E-state index in [1.807, 2.05) is 5.38 Å². The average molecular weight is 362 g/mol. The Balaban J connectivity index is 2.03. The quantitative estimate of drug-likeness (QED) is 0.797. The second-order valence-corrected chi connectivity index (χ2v) is 7.36. The van der Waals surface area contributed by atoms with Crippen molar-refractivity contribution >= 4 is 43.0 Å². The molecule has 3 N–H and O–H groups in total. The summed E-state index contributed by atoms with van der Waals surface area (Å²) in [4.78, 5) is 4.25. The van der Waals surface area contributed by atoms with Crippen LogP contribution in [0.2, 0.25) is 0 Å². The van der Waals surface area contributed by atoms with Crippen molar-refractivity contribution in [1.29, 1.82) is 0 Å². The molecule has 0 radical (unpaired) electrons. The first-order chi connectivity index (χ1) is 8.99. The van der Waals surface area contributed by atoms with E-state index in [0.29, 0.717) is 23.1 Å². The number of aromatic nitrogens is 1. The van der Waals surface area contributed by atoms with Crippen LogP contribution in [0.15, 0.2) is 39.1 Å². The molecule has 0 aliphatic heterocycles. The van der Waals surface area contributed by atoms with Crippen LogP contribution in [-0.2, 0) is 16.4 Å². The maximum atomic E-state index is 12.0. The van der Waals surface area contributed by atoms with Crippen molar-refractivity contribution in [2.24, 2.45) is 0 Å². The fourth-order valence-corrected chi connectivity index (χ4v) is 3.37. The summed E-state index contributed by atoms with van der Waals surface area (Å²) in [6, 6.07) is 4.55. The summed E-state index contributed by atoms with van der Waals surface area (Å²) >= 11 is 4.73. The molecule has 0 spiro atoms. The number of nitrogens with two attached hydrogens (primary N) is 1. The fraction of sp³-hybridized carbons (Fsp3) is 0.182. The van der Waals surface area contributed by atoms with Crippen molar-refractivity contribution in [3.8, 4) is 0 Å². The summed E-state index contributed by atoms with van der Waals surface area (Å²) < 4.78 is 27.3. The minimum atomic E-state index is -3.53. The number of hydrogen-bond acceptors (Lipinski definition) is 5. The molecule has 102 valence electrons. The van der Waals surface area contributed by atoms with Gasteiger partial charge in [-0.05, 0) is 34.1 Å². The third-order valence-electron chi connectivity index (χ3n) is 2.39. The zero-order valence-corrected chi connectivity index (χ0v) is 13.1. The molecule has 8 heteroatoms. The van der Waals surface area contributed by atoms with Gasteiger partial charge in [0.15, 0.2) is 0 Å². The van der Waals surface area contributed by atoms with Crippen molar-refractivity contribution in [3.05, 3.63) is 39.3 Å². The topological polar surface area (TPSA) is 85.1 Å². The van der Waals surface area contributed by atoms with Crippen LogP contribution in [0, 0.1) is 0 Å². The Bertz CT molecular complexity index is 657. The van der Waals surface area contributed by atoms with E-state index in [1.165, 1.54) is 23.5 Å². The Morgan fingerprint density at radius 1 is 1.42 bits per heavy atom. The van der Waals surface area contributed by atoms with Gasteiger partial charge in [-0.15, -0.1) is 11.3 Å². The van der Waals surface area contributed by atoms with Crippen LogP contribution in [0.1, 0.15) is 5.01 Å². The SMILES string of the molecule is Nc1cc(S(=O)(=O)NCCc2nccs2)ccc1Br. The van der Waals surface area contributed by atoms with Gasteiger partial charge in [-0.2, -0.15) is 0 Å². The Kier molecular flexibility index (Phi) is 4.56. The first-order valence-electron chi connectivity index (χ1n) is 5.42. The van der Waals surface area contributed by atoms with Gasteiger partial charge in [0.05, 0.1) is 9.90 Å². The predicted molar refractivity (Wildman–Crippen MR) is 79.6 cm³/mol. The number of anilines is 1. The Morgan fingerprint density at radius 3 is 2.84 bits per heavy atom. The zero-order valence-electron chi connectivity index (χ0n) is 9.84. The van der Waals surface area contributed by atoms with Crippen LogP contribution in [0.5, 0.6) is 0 Å². The molecular weight excluding hydrogens is 350 g/mol. The van der Waals surface area contributed by atoms with E-state index in [0.717, 1.165) is 5.01 Å². The molecule has 1 aromatic carbocycles. The Morgan fingerprint density at radius 2 is 2.21 bits per heavy atom. The summed E-state index contributed by atoms with van der Waals surface area (Å²) in [5.74, 6) is 0. The van der Waals surface area contributed by atoms with Gasteiger partial charge in [0.25, 0.3) is 0 Å². The monoisotopic (exact) mass is 361 g/mol. The van der Waals surface area contributed by atoms with Crippen molar-refractivity contribution in [3.63, 3.8) is 0 Å². The van der Waals surface area contributed by atoms with Gasteiger partial charge in [0.2, 0.25) is 10.0 Å². The molecule has 1 heterocycles. The lowest BCUT2D eigenvalue weighted by atomic mass is 10.3. The number of nitrogens with zero attached hydrogens (tertiary/aromatic N) is 1. The molecule has 0 unspecified atom stereocenters. The highest BCUT2D eigenvalue weighted by Gasteiger charge is 2.14. The van der Waals surface area contributed by atoms with Crippen LogP contribution < -0.4 is 10.5 Å². The molecule has 0 aliphatic rings. The molecule has 0 bridgehead atoms. The second kappa shape index (κ2) is 6.00. The average Bonchev–Trinajstić information content (AvgIpc) is 2.85. The van der Waals surface area contributed by atoms with E-state index in [4.69, 9.17) is 5.73 Å². The van der Waals surface area contributed by atoms with Crippen molar-refractivity contribution in [1.82, 2.24) is 9.71 Å². The second-order valence-electron chi connectivity index (χ2n) is 3.76. The van der Waals surface area contributed by atoms with E-state index in [-0.39, 0.29) is 4.90 Å². The van der Waals surface area contributed by atoms with Gasteiger partial charge in [-0.3, -0.25) is 0 Å². The molecule has 19 heavy (non-hydrogen) atoms. The van der Waals surface area contributed by atoms with Gasteiger partial charge in [0, 0.05) is 34.7 Å². The third kappa shape index (κ3) is 3.75. The summed E-state index contributed by atoms with van der Waals surface area (Å²) in [6.45, 7) is 0.311. The van der Waals surface area contributed by atoms with Gasteiger partial charge in [0.1, 0.15) is 0 Å². The highest BCUT2D eigenvalue weighted by atomic mass is 79.9. The lowest BCUT2D eigenvalue weighted by Gasteiger charge is -2.07. The maximum Gasteiger partial charge on any atom is 0.240 e. The number of nitrogens with one attached hydrogen (secondary N) is 1. The number of halogens is 1. The number of benzene rings is 1. The molecule has 0 aliphatic carbocycles. The number of sulfonamides is 1. The third-order valence-corrected chi connectivity index (χ3v) is 5.41. The predicted octanol–water partition coefficient (Wildman–Crippen LogP) is 2.01. The standard InChI is InChI=1S/C11H12BrN3O2S2/c12-9-2-1-8(7-10(9)13)19(16,17)15-4-3-11-14-5-6-18-11/h1-2,5-7,15H,3-4,13H2. The summed E-state index contributed by atoms with van der Waals surface area (Å²) in [5.41, 5.74) is 6.07. The van der Waals surface area contributed by atoms with Crippen molar-refractivity contribution in [2.45, 2.75) is 11.3 Å². The summed E-state index contributed by atoms with van der Waals surface area (Å²) in [7, 11) is -3.53. The molecule has 0 amide bonds. The first-order valence-corrected chi connectivity index (χ1v) is 8.58. The minimum Gasteiger partial charge on any atom is -0.398 e. The van der Waals surface area contributed by atoms with Gasteiger partial charge in [-0.25, -0.2) is 18.1 Å². The number of hydrogen-bond donors (Lipinski definition) is 2. The minimum absolute atomic E-state index is 0.160. The van der Waals surface area contributed by atoms with E-state index in [1.54, 1.807) is 12.3 Å². The molecule has 0 saturated heterocycles. The highest BCUT2D eigenvalue weighted by Crippen LogP contribution is 2.22. The molecular formula is C11H12BrN3O2S2.